The molecule has 0 radical (unpaired) electrons. The van der Waals surface area contributed by atoms with Gasteiger partial charge in [-0.15, -0.1) is 0 Å². The van der Waals surface area contributed by atoms with E-state index in [2.05, 4.69) is 26.3 Å². The minimum atomic E-state index is 0.704. The zero-order valence-corrected chi connectivity index (χ0v) is 13.3. The van der Waals surface area contributed by atoms with Crippen molar-refractivity contribution in [3.8, 4) is 5.75 Å². The van der Waals surface area contributed by atoms with Crippen LogP contribution in [0.1, 0.15) is 11.4 Å². The molecular formula is C17H24N4O2. The maximum absolute atomic E-state index is 5.98. The van der Waals surface area contributed by atoms with Crippen LogP contribution in [0.4, 0.5) is 0 Å². The second-order valence-corrected chi connectivity index (χ2v) is 5.55. The molecule has 3 rings (SSSR count). The van der Waals surface area contributed by atoms with Crippen LogP contribution in [0.3, 0.4) is 0 Å². The summed E-state index contributed by atoms with van der Waals surface area (Å²) in [5, 5.41) is 3.38. The quantitative estimate of drug-likeness (QED) is 0.771. The van der Waals surface area contributed by atoms with Crippen LogP contribution in [0.5, 0.6) is 5.75 Å². The molecule has 1 aromatic heterocycles. The summed E-state index contributed by atoms with van der Waals surface area (Å²) in [7, 11) is 0. The van der Waals surface area contributed by atoms with Gasteiger partial charge in [-0.1, -0.05) is 18.2 Å². The summed E-state index contributed by atoms with van der Waals surface area (Å²) in [5.74, 6) is 1.89. The minimum absolute atomic E-state index is 0.704. The maximum atomic E-state index is 5.98. The van der Waals surface area contributed by atoms with Crippen LogP contribution in [0, 0.1) is 0 Å². The third-order valence-corrected chi connectivity index (χ3v) is 3.90. The van der Waals surface area contributed by atoms with E-state index in [9.17, 15) is 0 Å². The zero-order valence-electron chi connectivity index (χ0n) is 13.3. The van der Waals surface area contributed by atoms with Gasteiger partial charge in [0.2, 0.25) is 0 Å². The molecule has 1 aliphatic rings. The van der Waals surface area contributed by atoms with E-state index in [0.29, 0.717) is 6.61 Å². The number of hydrogen-bond acceptors (Lipinski definition) is 5. The molecular weight excluding hydrogens is 292 g/mol. The lowest BCUT2D eigenvalue weighted by atomic mass is 10.2. The molecule has 1 saturated heterocycles. The SMILES string of the molecule is c1ccc(OCCN2CCOCC2)c(CNCc2ncc[nH]2)c1. The molecule has 1 fully saturated rings. The summed E-state index contributed by atoms with van der Waals surface area (Å²) in [5.41, 5.74) is 1.17. The molecule has 2 aromatic rings. The highest BCUT2D eigenvalue weighted by molar-refractivity contribution is 5.33. The van der Waals surface area contributed by atoms with Crippen molar-refractivity contribution >= 4 is 0 Å². The molecule has 2 heterocycles. The van der Waals surface area contributed by atoms with Crippen LogP contribution >= 0.6 is 0 Å². The summed E-state index contributed by atoms with van der Waals surface area (Å²) < 4.78 is 11.3. The lowest BCUT2D eigenvalue weighted by Gasteiger charge is -2.26. The van der Waals surface area contributed by atoms with E-state index < -0.39 is 0 Å². The Balaban J connectivity index is 1.44. The second kappa shape index (κ2) is 8.67. The number of H-pyrrole nitrogens is 1. The average molecular weight is 316 g/mol. The van der Waals surface area contributed by atoms with Gasteiger partial charge in [0.1, 0.15) is 18.2 Å². The minimum Gasteiger partial charge on any atom is -0.492 e. The fraction of sp³-hybridized carbons (Fsp3) is 0.471. The van der Waals surface area contributed by atoms with Crippen LogP contribution in [-0.2, 0) is 17.8 Å². The Kier molecular flexibility index (Phi) is 6.02. The van der Waals surface area contributed by atoms with E-state index >= 15 is 0 Å². The summed E-state index contributed by atoms with van der Waals surface area (Å²) in [6, 6.07) is 8.18. The highest BCUT2D eigenvalue weighted by Gasteiger charge is 2.10. The van der Waals surface area contributed by atoms with E-state index in [-0.39, 0.29) is 0 Å². The molecule has 0 amide bonds. The van der Waals surface area contributed by atoms with Gasteiger partial charge in [-0.05, 0) is 6.07 Å². The number of hydrogen-bond donors (Lipinski definition) is 2. The molecule has 6 heteroatoms. The third-order valence-electron chi connectivity index (χ3n) is 3.90. The van der Waals surface area contributed by atoms with Gasteiger partial charge in [0.15, 0.2) is 0 Å². The number of aromatic amines is 1. The van der Waals surface area contributed by atoms with Gasteiger partial charge in [-0.2, -0.15) is 0 Å². The molecule has 0 unspecified atom stereocenters. The van der Waals surface area contributed by atoms with E-state index in [0.717, 1.165) is 57.5 Å². The first kappa shape index (κ1) is 16.0. The molecule has 2 N–H and O–H groups in total. The number of aromatic nitrogens is 2. The van der Waals surface area contributed by atoms with Gasteiger partial charge in [0.25, 0.3) is 0 Å². The Hall–Kier alpha value is -1.89. The van der Waals surface area contributed by atoms with Crippen molar-refractivity contribution in [2.45, 2.75) is 13.1 Å². The predicted octanol–water partition coefficient (Wildman–Crippen LogP) is 1.41. The van der Waals surface area contributed by atoms with Crippen LogP contribution in [0.2, 0.25) is 0 Å². The Morgan fingerprint density at radius 2 is 2.09 bits per heavy atom. The third kappa shape index (κ3) is 5.06. The van der Waals surface area contributed by atoms with E-state index in [1.165, 1.54) is 5.56 Å². The van der Waals surface area contributed by atoms with Gasteiger partial charge in [-0.3, -0.25) is 4.90 Å². The number of nitrogens with one attached hydrogen (secondary N) is 2. The molecule has 124 valence electrons. The molecule has 23 heavy (non-hydrogen) atoms. The van der Waals surface area contributed by atoms with Crippen LogP contribution in [0.15, 0.2) is 36.7 Å². The van der Waals surface area contributed by atoms with Gasteiger partial charge in [-0.25, -0.2) is 4.98 Å². The normalized spacial score (nSPS) is 15.7. The monoisotopic (exact) mass is 316 g/mol. The highest BCUT2D eigenvalue weighted by atomic mass is 16.5. The van der Waals surface area contributed by atoms with Crippen LogP contribution in [-0.4, -0.2) is 54.3 Å². The molecule has 0 spiro atoms. The van der Waals surface area contributed by atoms with Gasteiger partial charge < -0.3 is 19.8 Å². The predicted molar refractivity (Wildman–Crippen MR) is 88.3 cm³/mol. The summed E-state index contributed by atoms with van der Waals surface area (Å²) in [6.45, 7) is 6.77. The first-order valence-electron chi connectivity index (χ1n) is 8.11. The molecule has 6 nitrogen and oxygen atoms in total. The zero-order chi connectivity index (χ0) is 15.7. The van der Waals surface area contributed by atoms with Gasteiger partial charge in [0, 0.05) is 44.1 Å². The largest absolute Gasteiger partial charge is 0.492 e. The lowest BCUT2D eigenvalue weighted by Crippen LogP contribution is -2.38. The lowest BCUT2D eigenvalue weighted by molar-refractivity contribution is 0.0322. The van der Waals surface area contributed by atoms with Crippen molar-refractivity contribution in [1.29, 1.82) is 0 Å². The number of morpholine rings is 1. The number of benzene rings is 1. The van der Waals surface area contributed by atoms with Gasteiger partial charge >= 0.3 is 0 Å². The van der Waals surface area contributed by atoms with Crippen LogP contribution in [0.25, 0.3) is 0 Å². The highest BCUT2D eigenvalue weighted by Crippen LogP contribution is 2.17. The number of imidazole rings is 1. The van der Waals surface area contributed by atoms with Crippen molar-refractivity contribution in [3.63, 3.8) is 0 Å². The van der Waals surface area contributed by atoms with Crippen molar-refractivity contribution in [1.82, 2.24) is 20.2 Å². The fourth-order valence-corrected chi connectivity index (χ4v) is 2.61. The van der Waals surface area contributed by atoms with E-state index in [4.69, 9.17) is 9.47 Å². The van der Waals surface area contributed by atoms with Crippen LogP contribution < -0.4 is 10.1 Å². The standard InChI is InChI=1S/C17H24N4O2/c1-2-4-16(23-12-9-21-7-10-22-11-8-21)15(3-1)13-18-14-17-19-5-6-20-17/h1-6,18H,7-14H2,(H,19,20). The van der Waals surface area contributed by atoms with Crippen molar-refractivity contribution in [2.75, 3.05) is 39.5 Å². The molecule has 0 aliphatic carbocycles. The molecule has 0 atom stereocenters. The molecule has 0 saturated carbocycles. The topological polar surface area (TPSA) is 62.4 Å². The summed E-state index contributed by atoms with van der Waals surface area (Å²) in [6.07, 6.45) is 3.60. The van der Waals surface area contributed by atoms with E-state index in [1.54, 1.807) is 6.20 Å². The average Bonchev–Trinajstić information content (AvgIpc) is 3.11. The Morgan fingerprint density at radius 1 is 1.22 bits per heavy atom. The number of rotatable bonds is 8. The fourth-order valence-electron chi connectivity index (χ4n) is 2.61. The number of ether oxygens (including phenoxy) is 2. The van der Waals surface area contributed by atoms with Crippen molar-refractivity contribution in [3.05, 3.63) is 48.0 Å². The second-order valence-electron chi connectivity index (χ2n) is 5.55. The summed E-state index contributed by atoms with van der Waals surface area (Å²) >= 11 is 0. The first-order chi connectivity index (χ1) is 11.4. The molecule has 1 aliphatic heterocycles. The molecule has 1 aromatic carbocycles. The number of para-hydroxylation sites is 1. The molecule has 0 bridgehead atoms. The smallest absolute Gasteiger partial charge is 0.123 e. The Bertz CT molecular complexity index is 568. The van der Waals surface area contributed by atoms with Crippen molar-refractivity contribution < 1.29 is 9.47 Å². The Morgan fingerprint density at radius 3 is 2.91 bits per heavy atom. The summed E-state index contributed by atoms with van der Waals surface area (Å²) in [4.78, 5) is 9.67. The number of nitrogens with zero attached hydrogens (tertiary/aromatic N) is 2. The van der Waals surface area contributed by atoms with E-state index in [1.807, 2.05) is 24.4 Å². The first-order valence-corrected chi connectivity index (χ1v) is 8.11. The Labute approximate surface area is 136 Å². The van der Waals surface area contributed by atoms with Gasteiger partial charge in [0.05, 0.1) is 19.8 Å². The maximum Gasteiger partial charge on any atom is 0.123 e. The van der Waals surface area contributed by atoms with Crippen molar-refractivity contribution in [2.24, 2.45) is 0 Å².